The van der Waals surface area contributed by atoms with E-state index in [0.29, 0.717) is 11.4 Å². The molecule has 0 bridgehead atoms. The van der Waals surface area contributed by atoms with E-state index < -0.39 is 0 Å². The van der Waals surface area contributed by atoms with Gasteiger partial charge in [0.25, 0.3) is 5.91 Å². The van der Waals surface area contributed by atoms with Gasteiger partial charge in [0.05, 0.1) is 6.04 Å². The summed E-state index contributed by atoms with van der Waals surface area (Å²) in [5, 5.41) is 2.89. The number of halogens is 1. The van der Waals surface area contributed by atoms with E-state index in [1.54, 1.807) is 12.1 Å². The van der Waals surface area contributed by atoms with Crippen LogP contribution in [0.15, 0.2) is 18.3 Å². The third kappa shape index (κ3) is 2.57. The molecule has 1 amide bonds. The molecule has 5 nitrogen and oxygen atoms in total. The predicted octanol–water partition coefficient (Wildman–Crippen LogP) is 0.428. The Morgan fingerprint density at radius 1 is 1.67 bits per heavy atom. The lowest BCUT2D eigenvalue weighted by molar-refractivity contribution is 0.0902. The molecule has 0 unspecified atom stereocenters. The zero-order valence-electron chi connectivity index (χ0n) is 7.98. The van der Waals surface area contributed by atoms with Crippen LogP contribution >= 0.6 is 22.9 Å². The Bertz CT molecular complexity index is 378. The molecule has 0 saturated carbocycles. The number of hydrogen-bond donors (Lipinski definition) is 2. The minimum atomic E-state index is -0.156. The molecule has 1 fully saturated rings. The van der Waals surface area contributed by atoms with Crippen molar-refractivity contribution < 1.29 is 4.79 Å². The molecule has 0 radical (unpaired) electrons. The summed E-state index contributed by atoms with van der Waals surface area (Å²) in [4.78, 5) is 15.6. The number of amides is 1. The van der Waals surface area contributed by atoms with Crippen molar-refractivity contribution >= 4 is 34.5 Å². The average Bonchev–Trinajstić information content (AvgIpc) is 2.15. The summed E-state index contributed by atoms with van der Waals surface area (Å²) in [5.74, 6) is -0.156. The molecule has 1 aromatic heterocycles. The first-order chi connectivity index (χ1) is 7.15. The quantitative estimate of drug-likeness (QED) is 0.613. The zero-order valence-corrected chi connectivity index (χ0v) is 10.1. The zero-order chi connectivity index (χ0) is 10.8. The highest BCUT2D eigenvalue weighted by Crippen LogP contribution is 2.13. The molecule has 0 aromatic carbocycles. The van der Waals surface area contributed by atoms with Crippen molar-refractivity contribution in [1.82, 2.24) is 13.4 Å². The number of nitrogens with zero attached hydrogens (tertiary/aromatic N) is 2. The van der Waals surface area contributed by atoms with Crippen LogP contribution in [0, 0.1) is 0 Å². The van der Waals surface area contributed by atoms with E-state index in [9.17, 15) is 4.79 Å². The van der Waals surface area contributed by atoms with Crippen LogP contribution in [0.3, 0.4) is 0 Å². The lowest BCUT2D eigenvalue weighted by atomic mass is 10.2. The van der Waals surface area contributed by atoms with Crippen molar-refractivity contribution in [2.75, 3.05) is 18.8 Å². The number of aromatic nitrogens is 1. The van der Waals surface area contributed by atoms with E-state index >= 15 is 0 Å². The van der Waals surface area contributed by atoms with E-state index in [1.807, 2.05) is 0 Å². The van der Waals surface area contributed by atoms with Gasteiger partial charge in [-0.05, 0) is 12.1 Å². The molecule has 80 valence electrons. The summed E-state index contributed by atoms with van der Waals surface area (Å²) in [6, 6.07) is 3.47. The Morgan fingerprint density at radius 2 is 2.40 bits per heavy atom. The van der Waals surface area contributed by atoms with E-state index in [4.69, 9.17) is 5.73 Å². The van der Waals surface area contributed by atoms with Gasteiger partial charge in [0.1, 0.15) is 5.69 Å². The maximum Gasteiger partial charge on any atom is 0.270 e. The monoisotopic (exact) mass is 318 g/mol. The second-order valence-electron chi connectivity index (χ2n) is 3.47. The number of rotatable bonds is 2. The van der Waals surface area contributed by atoms with Gasteiger partial charge in [0.2, 0.25) is 0 Å². The fourth-order valence-corrected chi connectivity index (χ4v) is 2.30. The predicted molar refractivity (Wildman–Crippen MR) is 65.5 cm³/mol. The summed E-state index contributed by atoms with van der Waals surface area (Å²) in [6.45, 7) is 1.77. The first-order valence-corrected chi connectivity index (χ1v) is 5.55. The minimum Gasteiger partial charge on any atom is -0.399 e. The molecule has 1 aliphatic rings. The highest BCUT2D eigenvalue weighted by molar-refractivity contribution is 14.1. The molecular formula is C9H11IN4O. The van der Waals surface area contributed by atoms with Gasteiger partial charge in [-0.2, -0.15) is 0 Å². The lowest BCUT2D eigenvalue weighted by Crippen LogP contribution is -2.55. The second kappa shape index (κ2) is 4.31. The molecule has 2 heterocycles. The Kier molecular flexibility index (Phi) is 3.06. The van der Waals surface area contributed by atoms with Crippen LogP contribution in [0.5, 0.6) is 0 Å². The van der Waals surface area contributed by atoms with Gasteiger partial charge in [-0.25, -0.2) is 3.11 Å². The third-order valence-corrected chi connectivity index (χ3v) is 2.98. The summed E-state index contributed by atoms with van der Waals surface area (Å²) in [6.07, 6.45) is 1.54. The molecule has 1 aliphatic heterocycles. The number of carbonyl (C=O) groups is 1. The fourth-order valence-electron chi connectivity index (χ4n) is 1.35. The van der Waals surface area contributed by atoms with Crippen molar-refractivity contribution in [2.24, 2.45) is 0 Å². The molecule has 15 heavy (non-hydrogen) atoms. The average molecular weight is 318 g/mol. The summed E-state index contributed by atoms with van der Waals surface area (Å²) in [5.41, 5.74) is 6.50. The minimum absolute atomic E-state index is 0.156. The van der Waals surface area contributed by atoms with Crippen LogP contribution < -0.4 is 11.1 Å². The molecule has 1 saturated heterocycles. The number of pyridine rings is 1. The summed E-state index contributed by atoms with van der Waals surface area (Å²) >= 11 is 2.22. The topological polar surface area (TPSA) is 71.2 Å². The van der Waals surface area contributed by atoms with E-state index in [1.165, 1.54) is 6.20 Å². The Morgan fingerprint density at radius 3 is 3.00 bits per heavy atom. The Hall–Kier alpha value is -0.890. The van der Waals surface area contributed by atoms with Crippen molar-refractivity contribution in [3.8, 4) is 0 Å². The van der Waals surface area contributed by atoms with Crippen molar-refractivity contribution in [1.29, 1.82) is 0 Å². The van der Waals surface area contributed by atoms with Crippen LogP contribution in [-0.4, -0.2) is 33.1 Å². The standard InChI is InChI=1S/C9H11IN4O/c10-14-4-7(5-14)13-9(15)8-3-6(11)1-2-12-8/h1-3,7H,4-5H2,(H2,11,12)(H,13,15). The smallest absolute Gasteiger partial charge is 0.270 e. The first-order valence-electron chi connectivity index (χ1n) is 4.58. The highest BCUT2D eigenvalue weighted by Gasteiger charge is 2.26. The maximum absolute atomic E-state index is 11.7. The molecule has 0 atom stereocenters. The molecule has 0 spiro atoms. The maximum atomic E-state index is 11.7. The van der Waals surface area contributed by atoms with Crippen molar-refractivity contribution in [2.45, 2.75) is 6.04 Å². The first kappa shape index (κ1) is 10.6. The number of carbonyl (C=O) groups excluding carboxylic acids is 1. The molecule has 3 N–H and O–H groups in total. The van der Waals surface area contributed by atoms with Gasteiger partial charge in [-0.1, -0.05) is 0 Å². The Labute approximate surface area is 102 Å². The SMILES string of the molecule is Nc1ccnc(C(=O)NC2CN(I)C2)c1. The van der Waals surface area contributed by atoms with Gasteiger partial charge in [-0.15, -0.1) is 0 Å². The lowest BCUT2D eigenvalue weighted by Gasteiger charge is -2.34. The second-order valence-corrected chi connectivity index (χ2v) is 4.84. The van der Waals surface area contributed by atoms with Crippen LogP contribution in [0.25, 0.3) is 0 Å². The molecule has 2 rings (SSSR count). The van der Waals surface area contributed by atoms with Crippen LogP contribution in [0.1, 0.15) is 10.5 Å². The number of nitrogens with one attached hydrogen (secondary N) is 1. The van der Waals surface area contributed by atoms with Crippen molar-refractivity contribution in [3.63, 3.8) is 0 Å². The van der Waals surface area contributed by atoms with E-state index in [2.05, 4.69) is 36.3 Å². The van der Waals surface area contributed by atoms with Gasteiger partial charge >= 0.3 is 0 Å². The van der Waals surface area contributed by atoms with E-state index in [-0.39, 0.29) is 11.9 Å². The van der Waals surface area contributed by atoms with Gasteiger partial charge in [0.15, 0.2) is 0 Å². The number of nitrogen functional groups attached to an aromatic ring is 1. The molecule has 6 heteroatoms. The van der Waals surface area contributed by atoms with Gasteiger partial charge in [-0.3, -0.25) is 9.78 Å². The fraction of sp³-hybridized carbons (Fsp3) is 0.333. The summed E-state index contributed by atoms with van der Waals surface area (Å²) < 4.78 is 2.11. The summed E-state index contributed by atoms with van der Waals surface area (Å²) in [7, 11) is 0. The molecule has 0 aliphatic carbocycles. The molecular weight excluding hydrogens is 307 g/mol. The normalized spacial score (nSPS) is 17.1. The molecule has 1 aromatic rings. The largest absolute Gasteiger partial charge is 0.399 e. The van der Waals surface area contributed by atoms with Crippen molar-refractivity contribution in [3.05, 3.63) is 24.0 Å². The third-order valence-electron chi connectivity index (χ3n) is 2.19. The number of anilines is 1. The van der Waals surface area contributed by atoms with Crippen LogP contribution in [0.4, 0.5) is 5.69 Å². The van der Waals surface area contributed by atoms with E-state index in [0.717, 1.165) is 13.1 Å². The number of hydrogen-bond acceptors (Lipinski definition) is 4. The van der Waals surface area contributed by atoms with Gasteiger partial charge < -0.3 is 11.1 Å². The van der Waals surface area contributed by atoms with Crippen LogP contribution in [0.2, 0.25) is 0 Å². The van der Waals surface area contributed by atoms with Gasteiger partial charge in [0, 0.05) is 47.8 Å². The Balaban J connectivity index is 1.96. The van der Waals surface area contributed by atoms with Crippen LogP contribution in [-0.2, 0) is 0 Å². The highest BCUT2D eigenvalue weighted by atomic mass is 127. The number of nitrogens with two attached hydrogens (primary N) is 1.